The van der Waals surface area contributed by atoms with Gasteiger partial charge in [0.25, 0.3) is 0 Å². The number of thiazole rings is 1. The third kappa shape index (κ3) is 4.30. The Morgan fingerprint density at radius 1 is 1.46 bits per heavy atom. The summed E-state index contributed by atoms with van der Waals surface area (Å²) in [6.45, 7) is 4.95. The second-order valence-electron chi connectivity index (χ2n) is 5.78. The van der Waals surface area contributed by atoms with E-state index in [1.54, 1.807) is 17.5 Å². The van der Waals surface area contributed by atoms with Crippen LogP contribution in [0.5, 0.6) is 5.88 Å². The van der Waals surface area contributed by atoms with Crippen LogP contribution in [0.3, 0.4) is 0 Å². The third-order valence-corrected chi connectivity index (χ3v) is 4.94. The van der Waals surface area contributed by atoms with Crippen molar-refractivity contribution in [3.63, 3.8) is 0 Å². The van der Waals surface area contributed by atoms with Gasteiger partial charge in [0.2, 0.25) is 11.8 Å². The van der Waals surface area contributed by atoms with Crippen LogP contribution in [0.4, 0.5) is 0 Å². The SMILES string of the molecule is Cc1nc(C)c(CC(=O)N[C@@H]2COCC[C@H]2Oc2ccccn2)s1. The molecular formula is C17H21N3O3S. The van der Waals surface area contributed by atoms with Crippen LogP contribution in [0, 0.1) is 13.8 Å². The molecule has 2 aromatic rings. The van der Waals surface area contributed by atoms with Crippen molar-refractivity contribution >= 4 is 17.2 Å². The van der Waals surface area contributed by atoms with E-state index >= 15 is 0 Å². The van der Waals surface area contributed by atoms with Gasteiger partial charge in [0.05, 0.1) is 36.4 Å². The number of carbonyl (C=O) groups excluding carboxylic acids is 1. The predicted molar refractivity (Wildman–Crippen MR) is 91.3 cm³/mol. The van der Waals surface area contributed by atoms with Gasteiger partial charge in [0.1, 0.15) is 6.10 Å². The zero-order valence-electron chi connectivity index (χ0n) is 13.8. The van der Waals surface area contributed by atoms with Crippen molar-refractivity contribution in [3.8, 4) is 5.88 Å². The maximum atomic E-state index is 12.4. The summed E-state index contributed by atoms with van der Waals surface area (Å²) in [6.07, 6.45) is 2.61. The number of amides is 1. The van der Waals surface area contributed by atoms with Crippen LogP contribution >= 0.6 is 11.3 Å². The van der Waals surface area contributed by atoms with Gasteiger partial charge in [0.15, 0.2) is 0 Å². The van der Waals surface area contributed by atoms with E-state index in [9.17, 15) is 4.79 Å². The van der Waals surface area contributed by atoms with Crippen molar-refractivity contribution in [2.75, 3.05) is 13.2 Å². The molecule has 0 radical (unpaired) electrons. The maximum Gasteiger partial charge on any atom is 0.225 e. The number of aryl methyl sites for hydroxylation is 2. The van der Waals surface area contributed by atoms with Gasteiger partial charge in [-0.15, -0.1) is 11.3 Å². The molecule has 7 heteroatoms. The number of aromatic nitrogens is 2. The van der Waals surface area contributed by atoms with Crippen LogP contribution in [-0.4, -0.2) is 41.2 Å². The molecule has 2 aromatic heterocycles. The Morgan fingerprint density at radius 2 is 2.33 bits per heavy atom. The molecule has 1 saturated heterocycles. The highest BCUT2D eigenvalue weighted by atomic mass is 32.1. The molecular weight excluding hydrogens is 326 g/mol. The molecule has 1 amide bonds. The van der Waals surface area contributed by atoms with Gasteiger partial charge in [-0.2, -0.15) is 0 Å². The first-order valence-electron chi connectivity index (χ1n) is 7.99. The number of carbonyl (C=O) groups is 1. The molecule has 1 aliphatic heterocycles. The van der Waals surface area contributed by atoms with Crippen LogP contribution < -0.4 is 10.1 Å². The highest BCUT2D eigenvalue weighted by molar-refractivity contribution is 7.11. The van der Waals surface area contributed by atoms with E-state index in [0.29, 0.717) is 25.5 Å². The lowest BCUT2D eigenvalue weighted by Crippen LogP contribution is -2.52. The van der Waals surface area contributed by atoms with Crippen molar-refractivity contribution in [2.45, 2.75) is 38.8 Å². The number of hydrogen-bond donors (Lipinski definition) is 1. The fraction of sp³-hybridized carbons (Fsp3) is 0.471. The first kappa shape index (κ1) is 16.9. The number of hydrogen-bond acceptors (Lipinski definition) is 6. The number of nitrogens with one attached hydrogen (secondary N) is 1. The third-order valence-electron chi connectivity index (χ3n) is 3.87. The summed E-state index contributed by atoms with van der Waals surface area (Å²) < 4.78 is 11.4. The molecule has 3 rings (SSSR count). The van der Waals surface area contributed by atoms with Gasteiger partial charge in [-0.05, 0) is 19.9 Å². The predicted octanol–water partition coefficient (Wildman–Crippen LogP) is 2.05. The van der Waals surface area contributed by atoms with E-state index in [0.717, 1.165) is 22.0 Å². The topological polar surface area (TPSA) is 73.3 Å². The molecule has 0 unspecified atom stereocenters. The lowest BCUT2D eigenvalue weighted by atomic mass is 10.1. The summed E-state index contributed by atoms with van der Waals surface area (Å²) in [5.74, 6) is 0.532. The minimum absolute atomic E-state index is 0.0353. The first-order chi connectivity index (χ1) is 11.6. The molecule has 0 bridgehead atoms. The molecule has 6 nitrogen and oxygen atoms in total. The average molecular weight is 347 g/mol. The normalized spacial score (nSPS) is 20.6. The molecule has 2 atom stereocenters. The molecule has 1 N–H and O–H groups in total. The smallest absolute Gasteiger partial charge is 0.225 e. The summed E-state index contributed by atoms with van der Waals surface area (Å²) in [4.78, 5) is 21.9. The second kappa shape index (κ2) is 7.72. The Morgan fingerprint density at radius 3 is 3.04 bits per heavy atom. The highest BCUT2D eigenvalue weighted by Gasteiger charge is 2.29. The Hall–Kier alpha value is -1.99. The van der Waals surface area contributed by atoms with E-state index in [1.165, 1.54) is 0 Å². The van der Waals surface area contributed by atoms with Crippen LogP contribution in [-0.2, 0) is 16.0 Å². The molecule has 1 aliphatic rings. The van der Waals surface area contributed by atoms with Crippen LogP contribution in [0.2, 0.25) is 0 Å². The van der Waals surface area contributed by atoms with Gasteiger partial charge >= 0.3 is 0 Å². The minimum Gasteiger partial charge on any atom is -0.472 e. The van der Waals surface area contributed by atoms with E-state index in [2.05, 4.69) is 15.3 Å². The monoisotopic (exact) mass is 347 g/mol. The van der Waals surface area contributed by atoms with E-state index in [4.69, 9.17) is 9.47 Å². The van der Waals surface area contributed by atoms with Crippen molar-refractivity contribution in [1.29, 1.82) is 0 Å². The summed E-state index contributed by atoms with van der Waals surface area (Å²) >= 11 is 1.56. The molecule has 128 valence electrons. The average Bonchev–Trinajstić information content (AvgIpc) is 2.87. The second-order valence-corrected chi connectivity index (χ2v) is 7.07. The van der Waals surface area contributed by atoms with Crippen molar-refractivity contribution in [1.82, 2.24) is 15.3 Å². The van der Waals surface area contributed by atoms with Crippen molar-refractivity contribution < 1.29 is 14.3 Å². The fourth-order valence-electron chi connectivity index (χ4n) is 2.71. The standard InChI is InChI=1S/C17H21N3O3S/c1-11-15(24-12(2)19-11)9-16(21)20-13-10-22-8-6-14(13)23-17-5-3-4-7-18-17/h3-5,7,13-14H,6,8-10H2,1-2H3,(H,20,21)/t13-,14-/m1/s1. The van der Waals surface area contributed by atoms with E-state index in [-0.39, 0.29) is 18.1 Å². The maximum absolute atomic E-state index is 12.4. The molecule has 3 heterocycles. The van der Waals surface area contributed by atoms with E-state index < -0.39 is 0 Å². The Bertz CT molecular complexity index is 690. The highest BCUT2D eigenvalue weighted by Crippen LogP contribution is 2.19. The zero-order chi connectivity index (χ0) is 16.9. The quantitative estimate of drug-likeness (QED) is 0.896. The molecule has 0 aliphatic carbocycles. The number of rotatable bonds is 5. The number of ether oxygens (including phenoxy) is 2. The Balaban J connectivity index is 1.61. The van der Waals surface area contributed by atoms with Gasteiger partial charge in [-0.1, -0.05) is 6.07 Å². The lowest BCUT2D eigenvalue weighted by molar-refractivity contribution is -0.123. The van der Waals surface area contributed by atoms with Crippen LogP contribution in [0.15, 0.2) is 24.4 Å². The number of nitrogens with zero attached hydrogens (tertiary/aromatic N) is 2. The van der Waals surface area contributed by atoms with Crippen LogP contribution in [0.25, 0.3) is 0 Å². The summed E-state index contributed by atoms with van der Waals surface area (Å²) in [5.41, 5.74) is 0.925. The van der Waals surface area contributed by atoms with Gasteiger partial charge in [-0.3, -0.25) is 4.79 Å². The largest absolute Gasteiger partial charge is 0.472 e. The van der Waals surface area contributed by atoms with Gasteiger partial charge < -0.3 is 14.8 Å². The molecule has 1 fully saturated rings. The molecule has 0 spiro atoms. The van der Waals surface area contributed by atoms with Crippen LogP contribution in [0.1, 0.15) is 22.0 Å². The molecule has 0 saturated carbocycles. The Kier molecular flexibility index (Phi) is 5.42. The zero-order valence-corrected chi connectivity index (χ0v) is 14.6. The van der Waals surface area contributed by atoms with Crippen molar-refractivity contribution in [3.05, 3.63) is 40.0 Å². The number of pyridine rings is 1. The first-order valence-corrected chi connectivity index (χ1v) is 8.81. The van der Waals surface area contributed by atoms with Crippen molar-refractivity contribution in [2.24, 2.45) is 0 Å². The fourth-order valence-corrected chi connectivity index (χ4v) is 3.64. The summed E-state index contributed by atoms with van der Waals surface area (Å²) in [5, 5.41) is 4.02. The summed E-state index contributed by atoms with van der Waals surface area (Å²) in [7, 11) is 0. The molecule has 24 heavy (non-hydrogen) atoms. The minimum atomic E-state index is -0.178. The lowest BCUT2D eigenvalue weighted by Gasteiger charge is -2.32. The Labute approximate surface area is 145 Å². The van der Waals surface area contributed by atoms with E-state index in [1.807, 2.05) is 32.0 Å². The summed E-state index contributed by atoms with van der Waals surface area (Å²) in [6, 6.07) is 5.36. The van der Waals surface area contributed by atoms with Gasteiger partial charge in [0, 0.05) is 23.6 Å². The molecule has 0 aromatic carbocycles. The van der Waals surface area contributed by atoms with Gasteiger partial charge in [-0.25, -0.2) is 9.97 Å².